The third-order valence-electron chi connectivity index (χ3n) is 6.22. The minimum absolute atomic E-state index is 0.0957. The number of hydrogen-bond acceptors (Lipinski definition) is 8. The van der Waals surface area contributed by atoms with E-state index in [1.807, 2.05) is 22.8 Å². The van der Waals surface area contributed by atoms with Crippen molar-refractivity contribution in [1.82, 2.24) is 34.9 Å². The molecule has 0 bridgehead atoms. The fourth-order valence-corrected chi connectivity index (χ4v) is 4.42. The number of fused-ring (bicyclic) bond motifs is 1. The summed E-state index contributed by atoms with van der Waals surface area (Å²) >= 11 is 0. The van der Waals surface area contributed by atoms with Crippen molar-refractivity contribution in [3.05, 3.63) is 35.5 Å². The minimum Gasteiger partial charge on any atom is -0.390 e. The molecule has 1 fully saturated rings. The highest BCUT2D eigenvalue weighted by molar-refractivity contribution is 5.92. The number of aromatic nitrogens is 4. The highest BCUT2D eigenvalue weighted by atomic mass is 16.3. The number of amides is 2. The van der Waals surface area contributed by atoms with Crippen LogP contribution in [0.1, 0.15) is 41.5 Å². The summed E-state index contributed by atoms with van der Waals surface area (Å²) in [5.41, 5.74) is 2.55. The zero-order chi connectivity index (χ0) is 23.4. The Balaban J connectivity index is 1.23. The number of anilines is 1. The lowest BCUT2D eigenvalue weighted by molar-refractivity contribution is -0.129. The molecule has 4 rings (SSSR count). The van der Waals surface area contributed by atoms with Crippen molar-refractivity contribution in [1.29, 1.82) is 0 Å². The van der Waals surface area contributed by atoms with Crippen molar-refractivity contribution in [2.45, 2.75) is 44.9 Å². The van der Waals surface area contributed by atoms with Gasteiger partial charge in [-0.15, -0.1) is 0 Å². The monoisotopic (exact) mass is 456 g/mol. The van der Waals surface area contributed by atoms with Crippen LogP contribution in [0.25, 0.3) is 0 Å². The fourth-order valence-electron chi connectivity index (χ4n) is 4.42. The smallest absolute Gasteiger partial charge is 0.270 e. The second-order valence-corrected chi connectivity index (χ2v) is 8.84. The maximum atomic E-state index is 12.6. The van der Waals surface area contributed by atoms with Crippen molar-refractivity contribution in [3.8, 4) is 0 Å². The third kappa shape index (κ3) is 6.05. The van der Waals surface area contributed by atoms with Crippen LogP contribution < -0.4 is 10.6 Å². The van der Waals surface area contributed by atoms with E-state index in [4.69, 9.17) is 0 Å². The van der Waals surface area contributed by atoms with Gasteiger partial charge in [0.1, 0.15) is 17.8 Å². The molecule has 2 aliphatic heterocycles. The summed E-state index contributed by atoms with van der Waals surface area (Å²) in [5, 5.41) is 21.0. The van der Waals surface area contributed by atoms with Crippen molar-refractivity contribution in [3.63, 3.8) is 0 Å². The van der Waals surface area contributed by atoms with Crippen molar-refractivity contribution < 1.29 is 14.7 Å². The Morgan fingerprint density at radius 1 is 1.24 bits per heavy atom. The quantitative estimate of drug-likeness (QED) is 0.522. The molecule has 2 aliphatic rings. The van der Waals surface area contributed by atoms with Crippen molar-refractivity contribution in [2.24, 2.45) is 7.05 Å². The van der Waals surface area contributed by atoms with E-state index >= 15 is 0 Å². The average Bonchev–Trinajstić information content (AvgIpc) is 3.17. The van der Waals surface area contributed by atoms with Crippen molar-refractivity contribution >= 4 is 17.6 Å². The SMILES string of the molecule is CC(=O)N1CCC(Nc2cc(C(=O)NC[C@H](O)CN3CCc4cn(C)nc4C3)ncn2)CC1. The molecule has 2 aromatic rings. The summed E-state index contributed by atoms with van der Waals surface area (Å²) in [6.45, 7) is 5.17. The Morgan fingerprint density at radius 2 is 2.03 bits per heavy atom. The summed E-state index contributed by atoms with van der Waals surface area (Å²) in [7, 11) is 1.91. The van der Waals surface area contributed by atoms with Gasteiger partial charge in [-0.2, -0.15) is 5.10 Å². The van der Waals surface area contributed by atoms with Crippen LogP contribution in [0, 0.1) is 0 Å². The first-order chi connectivity index (χ1) is 15.9. The first-order valence-corrected chi connectivity index (χ1v) is 11.4. The molecule has 3 N–H and O–H groups in total. The first-order valence-electron chi connectivity index (χ1n) is 11.4. The highest BCUT2D eigenvalue weighted by Crippen LogP contribution is 2.17. The summed E-state index contributed by atoms with van der Waals surface area (Å²) in [6, 6.07) is 1.81. The third-order valence-corrected chi connectivity index (χ3v) is 6.22. The predicted octanol–water partition coefficient (Wildman–Crippen LogP) is -0.218. The number of carbonyl (C=O) groups excluding carboxylic acids is 2. The number of aliphatic hydroxyl groups excluding tert-OH is 1. The van der Waals surface area contributed by atoms with E-state index in [0.717, 1.165) is 31.5 Å². The molecule has 1 saturated heterocycles. The maximum absolute atomic E-state index is 12.6. The molecule has 1 atom stereocenters. The van der Waals surface area contributed by atoms with Gasteiger partial charge in [0.15, 0.2) is 0 Å². The molecular weight excluding hydrogens is 424 g/mol. The molecule has 4 heterocycles. The zero-order valence-corrected chi connectivity index (χ0v) is 19.2. The van der Waals surface area contributed by atoms with Gasteiger partial charge < -0.3 is 20.6 Å². The second-order valence-electron chi connectivity index (χ2n) is 8.84. The second kappa shape index (κ2) is 10.3. The normalized spacial score (nSPS) is 18.0. The Labute approximate surface area is 193 Å². The van der Waals surface area contributed by atoms with Crippen LogP contribution in [0.5, 0.6) is 0 Å². The van der Waals surface area contributed by atoms with Gasteiger partial charge in [-0.3, -0.25) is 19.2 Å². The molecule has 0 aliphatic carbocycles. The van der Waals surface area contributed by atoms with E-state index in [2.05, 4.69) is 30.6 Å². The van der Waals surface area contributed by atoms with Crippen LogP contribution >= 0.6 is 0 Å². The average molecular weight is 457 g/mol. The molecule has 178 valence electrons. The molecule has 33 heavy (non-hydrogen) atoms. The number of β-amino-alcohol motifs (C(OH)–C–C–N with tert-alkyl or cyclic N) is 1. The largest absolute Gasteiger partial charge is 0.390 e. The number of aliphatic hydroxyl groups is 1. The van der Waals surface area contributed by atoms with E-state index in [-0.39, 0.29) is 30.1 Å². The summed E-state index contributed by atoms with van der Waals surface area (Å²) in [5.74, 6) is 0.325. The van der Waals surface area contributed by atoms with Gasteiger partial charge >= 0.3 is 0 Å². The predicted molar refractivity (Wildman–Crippen MR) is 121 cm³/mol. The van der Waals surface area contributed by atoms with E-state index in [1.54, 1.807) is 13.0 Å². The van der Waals surface area contributed by atoms with Gasteiger partial charge in [0.25, 0.3) is 5.91 Å². The summed E-state index contributed by atoms with van der Waals surface area (Å²) < 4.78 is 1.82. The van der Waals surface area contributed by atoms with E-state index in [1.165, 1.54) is 11.9 Å². The van der Waals surface area contributed by atoms with E-state index < -0.39 is 6.10 Å². The molecule has 0 unspecified atom stereocenters. The number of hydrogen-bond donors (Lipinski definition) is 3. The number of nitrogens with one attached hydrogen (secondary N) is 2. The fraction of sp³-hybridized carbons (Fsp3) is 0.591. The Bertz CT molecular complexity index is 986. The number of rotatable bonds is 7. The van der Waals surface area contributed by atoms with Crippen molar-refractivity contribution in [2.75, 3.05) is 38.0 Å². The molecule has 0 aromatic carbocycles. The number of nitrogens with zero attached hydrogens (tertiary/aromatic N) is 6. The number of aryl methyl sites for hydroxylation is 1. The standard InChI is InChI=1S/C22H32N8O3/c1-15(31)30-7-4-17(5-8-30)26-21-9-19(24-14-25-21)22(33)23-10-18(32)12-29-6-3-16-11-28(2)27-20(16)13-29/h9,11,14,17-18,32H,3-8,10,12-13H2,1-2H3,(H,23,33)(H,24,25,26)/t18-/m0/s1. The first kappa shape index (κ1) is 23.1. The number of carbonyl (C=O) groups is 2. The van der Waals surface area contributed by atoms with Crippen LogP contribution in [0.4, 0.5) is 5.82 Å². The van der Waals surface area contributed by atoms with Crippen LogP contribution in [0.15, 0.2) is 18.6 Å². The molecule has 2 amide bonds. The summed E-state index contributed by atoms with van der Waals surface area (Å²) in [4.78, 5) is 36.3. The lowest BCUT2D eigenvalue weighted by Crippen LogP contribution is -2.42. The zero-order valence-electron chi connectivity index (χ0n) is 19.2. The minimum atomic E-state index is -0.690. The Morgan fingerprint density at radius 3 is 2.79 bits per heavy atom. The highest BCUT2D eigenvalue weighted by Gasteiger charge is 2.23. The Kier molecular flexibility index (Phi) is 7.19. The lowest BCUT2D eigenvalue weighted by Gasteiger charge is -2.31. The van der Waals surface area contributed by atoms with Crippen LogP contribution in [-0.2, 0) is 24.8 Å². The van der Waals surface area contributed by atoms with E-state index in [0.29, 0.717) is 32.0 Å². The van der Waals surface area contributed by atoms with Gasteiger partial charge in [0.2, 0.25) is 5.91 Å². The van der Waals surface area contributed by atoms with Crippen LogP contribution in [-0.4, -0.2) is 91.3 Å². The Hall–Kier alpha value is -3.05. The maximum Gasteiger partial charge on any atom is 0.270 e. The topological polar surface area (TPSA) is 129 Å². The van der Waals surface area contributed by atoms with Gasteiger partial charge in [-0.05, 0) is 24.8 Å². The summed E-state index contributed by atoms with van der Waals surface area (Å²) in [6.07, 6.45) is 5.28. The molecule has 11 heteroatoms. The van der Waals surface area contributed by atoms with Gasteiger partial charge in [0, 0.05) is 71.5 Å². The molecule has 0 saturated carbocycles. The molecule has 11 nitrogen and oxygen atoms in total. The number of piperidine rings is 1. The van der Waals surface area contributed by atoms with Gasteiger partial charge in [-0.25, -0.2) is 9.97 Å². The molecule has 0 spiro atoms. The van der Waals surface area contributed by atoms with Crippen LogP contribution in [0.3, 0.4) is 0 Å². The van der Waals surface area contributed by atoms with E-state index in [9.17, 15) is 14.7 Å². The number of likely N-dealkylation sites (tertiary alicyclic amines) is 1. The molecular formula is C22H32N8O3. The van der Waals surface area contributed by atoms with Gasteiger partial charge in [0.05, 0.1) is 11.8 Å². The molecule has 2 aromatic heterocycles. The molecule has 0 radical (unpaired) electrons. The van der Waals surface area contributed by atoms with Crippen LogP contribution in [0.2, 0.25) is 0 Å². The van der Waals surface area contributed by atoms with Gasteiger partial charge in [-0.1, -0.05) is 0 Å². The lowest BCUT2D eigenvalue weighted by atomic mass is 10.1.